The maximum atomic E-state index is 13.7. The van der Waals surface area contributed by atoms with E-state index in [4.69, 9.17) is 5.84 Å². The number of hydrogen-bond donors (Lipinski definition) is 3. The molecule has 0 aliphatic carbocycles. The Morgan fingerprint density at radius 2 is 2.05 bits per heavy atom. The van der Waals surface area contributed by atoms with Crippen molar-refractivity contribution in [1.82, 2.24) is 9.97 Å². The van der Waals surface area contributed by atoms with Crippen molar-refractivity contribution in [3.05, 3.63) is 40.4 Å². The number of nitrogens with one attached hydrogen (secondary N) is 2. The first-order valence-corrected chi connectivity index (χ1v) is 6.49. The van der Waals surface area contributed by atoms with Gasteiger partial charge >= 0.3 is 0 Å². The number of para-hydroxylation sites is 1. The van der Waals surface area contributed by atoms with Crippen LogP contribution < -0.4 is 16.6 Å². The van der Waals surface area contributed by atoms with Crippen LogP contribution in [0.1, 0.15) is 12.7 Å². The second-order valence-electron chi connectivity index (χ2n) is 3.77. The SMILES string of the molecule is CCc1nc(NN)cc(Nc2c(F)cccc2Br)n1. The van der Waals surface area contributed by atoms with E-state index in [2.05, 4.69) is 36.6 Å². The van der Waals surface area contributed by atoms with Crippen LogP contribution in [0.2, 0.25) is 0 Å². The molecule has 2 aromatic rings. The predicted octanol–water partition coefficient (Wildman–Crippen LogP) is 2.97. The third-order valence-corrected chi connectivity index (χ3v) is 3.11. The topological polar surface area (TPSA) is 75.9 Å². The van der Waals surface area contributed by atoms with Crippen LogP contribution in [0.25, 0.3) is 0 Å². The molecule has 7 heteroatoms. The number of aromatic nitrogens is 2. The Balaban J connectivity index is 2.37. The van der Waals surface area contributed by atoms with Gasteiger partial charge in [-0.1, -0.05) is 13.0 Å². The van der Waals surface area contributed by atoms with Crippen molar-refractivity contribution < 1.29 is 4.39 Å². The standard InChI is InChI=1S/C12H13BrFN5/c1-2-9-16-10(6-11(17-9)19-15)18-12-7(13)4-3-5-8(12)14/h3-6H,2,15H2,1H3,(H2,16,17,18,19). The lowest BCUT2D eigenvalue weighted by Crippen LogP contribution is -2.11. The molecule has 0 unspecified atom stereocenters. The highest BCUT2D eigenvalue weighted by molar-refractivity contribution is 9.10. The van der Waals surface area contributed by atoms with E-state index in [0.717, 1.165) is 0 Å². The summed E-state index contributed by atoms with van der Waals surface area (Å²) in [6, 6.07) is 6.35. The van der Waals surface area contributed by atoms with Crippen molar-refractivity contribution in [2.45, 2.75) is 13.3 Å². The monoisotopic (exact) mass is 325 g/mol. The van der Waals surface area contributed by atoms with Crippen LogP contribution in [-0.4, -0.2) is 9.97 Å². The third kappa shape index (κ3) is 3.18. The van der Waals surface area contributed by atoms with Crippen LogP contribution in [0.15, 0.2) is 28.7 Å². The third-order valence-electron chi connectivity index (χ3n) is 2.45. The number of nitrogen functional groups attached to an aromatic ring is 1. The van der Waals surface area contributed by atoms with Crippen molar-refractivity contribution in [3.63, 3.8) is 0 Å². The minimum Gasteiger partial charge on any atom is -0.337 e. The van der Waals surface area contributed by atoms with Crippen LogP contribution in [-0.2, 0) is 6.42 Å². The zero-order valence-corrected chi connectivity index (χ0v) is 11.8. The summed E-state index contributed by atoms with van der Waals surface area (Å²) < 4.78 is 14.3. The summed E-state index contributed by atoms with van der Waals surface area (Å²) in [4.78, 5) is 8.44. The normalized spacial score (nSPS) is 10.3. The molecule has 0 radical (unpaired) electrons. The molecular weight excluding hydrogens is 313 g/mol. The number of anilines is 3. The molecule has 19 heavy (non-hydrogen) atoms. The summed E-state index contributed by atoms with van der Waals surface area (Å²) in [5.74, 6) is 6.54. The fraction of sp³-hybridized carbons (Fsp3) is 0.167. The molecule has 100 valence electrons. The zero-order chi connectivity index (χ0) is 13.8. The van der Waals surface area contributed by atoms with Gasteiger partial charge in [-0.05, 0) is 28.1 Å². The van der Waals surface area contributed by atoms with E-state index in [0.29, 0.717) is 34.0 Å². The first kappa shape index (κ1) is 13.7. The molecule has 0 atom stereocenters. The number of hydrazine groups is 1. The average Bonchev–Trinajstić information content (AvgIpc) is 2.42. The van der Waals surface area contributed by atoms with Gasteiger partial charge in [0.05, 0.1) is 5.69 Å². The van der Waals surface area contributed by atoms with E-state index >= 15 is 0 Å². The molecule has 0 fully saturated rings. The number of benzene rings is 1. The average molecular weight is 326 g/mol. The van der Waals surface area contributed by atoms with Crippen LogP contribution >= 0.6 is 15.9 Å². The maximum Gasteiger partial charge on any atom is 0.147 e. The van der Waals surface area contributed by atoms with Gasteiger partial charge in [-0.15, -0.1) is 0 Å². The molecule has 0 bridgehead atoms. The lowest BCUT2D eigenvalue weighted by Gasteiger charge is -2.11. The molecule has 0 amide bonds. The van der Waals surface area contributed by atoms with Gasteiger partial charge in [0.15, 0.2) is 0 Å². The van der Waals surface area contributed by atoms with Crippen molar-refractivity contribution >= 4 is 33.3 Å². The van der Waals surface area contributed by atoms with Gasteiger partial charge in [0.25, 0.3) is 0 Å². The molecule has 2 rings (SSSR count). The fourth-order valence-electron chi connectivity index (χ4n) is 1.54. The Kier molecular flexibility index (Phi) is 4.28. The van der Waals surface area contributed by atoms with E-state index in [1.54, 1.807) is 18.2 Å². The van der Waals surface area contributed by atoms with Gasteiger partial charge in [0, 0.05) is 17.0 Å². The van der Waals surface area contributed by atoms with Gasteiger partial charge in [-0.25, -0.2) is 20.2 Å². The van der Waals surface area contributed by atoms with Crippen molar-refractivity contribution in [2.75, 3.05) is 10.7 Å². The minimum atomic E-state index is -0.367. The highest BCUT2D eigenvalue weighted by Crippen LogP contribution is 2.28. The zero-order valence-electron chi connectivity index (χ0n) is 10.2. The van der Waals surface area contributed by atoms with Crippen LogP contribution in [0.4, 0.5) is 21.7 Å². The van der Waals surface area contributed by atoms with Crippen LogP contribution in [0.5, 0.6) is 0 Å². The second-order valence-corrected chi connectivity index (χ2v) is 4.63. The Morgan fingerprint density at radius 1 is 1.32 bits per heavy atom. The summed E-state index contributed by atoms with van der Waals surface area (Å²) >= 11 is 3.29. The Labute approximate surface area is 118 Å². The first-order valence-electron chi connectivity index (χ1n) is 5.69. The van der Waals surface area contributed by atoms with Gasteiger partial charge in [-0.3, -0.25) is 0 Å². The summed E-state index contributed by atoms with van der Waals surface area (Å²) in [6.07, 6.45) is 0.655. The number of nitrogens with two attached hydrogens (primary N) is 1. The second kappa shape index (κ2) is 5.94. The Morgan fingerprint density at radius 3 is 2.68 bits per heavy atom. The number of aryl methyl sites for hydroxylation is 1. The largest absolute Gasteiger partial charge is 0.337 e. The number of hydrogen-bond acceptors (Lipinski definition) is 5. The molecule has 0 aliphatic rings. The Hall–Kier alpha value is -1.73. The minimum absolute atomic E-state index is 0.325. The maximum absolute atomic E-state index is 13.7. The molecule has 0 spiro atoms. The van der Waals surface area contributed by atoms with Crippen molar-refractivity contribution in [1.29, 1.82) is 0 Å². The summed E-state index contributed by atoms with van der Waals surface area (Å²) in [7, 11) is 0. The molecule has 0 saturated heterocycles. The van der Waals surface area contributed by atoms with Crippen LogP contribution in [0, 0.1) is 5.82 Å². The molecule has 1 aromatic heterocycles. The molecule has 4 N–H and O–H groups in total. The van der Waals surface area contributed by atoms with Gasteiger partial charge in [0.1, 0.15) is 23.3 Å². The Bertz CT molecular complexity index is 548. The van der Waals surface area contributed by atoms with E-state index in [1.165, 1.54) is 6.07 Å². The molecular formula is C12H13BrFN5. The van der Waals surface area contributed by atoms with Gasteiger partial charge in [0.2, 0.25) is 0 Å². The molecule has 0 saturated carbocycles. The van der Waals surface area contributed by atoms with E-state index in [9.17, 15) is 4.39 Å². The summed E-state index contributed by atoms with van der Waals surface area (Å²) in [6.45, 7) is 1.93. The number of rotatable bonds is 4. The first-order chi connectivity index (χ1) is 9.13. The van der Waals surface area contributed by atoms with Crippen LogP contribution in [0.3, 0.4) is 0 Å². The van der Waals surface area contributed by atoms with Gasteiger partial charge < -0.3 is 10.7 Å². The lowest BCUT2D eigenvalue weighted by atomic mass is 10.3. The molecule has 0 aliphatic heterocycles. The van der Waals surface area contributed by atoms with Crippen molar-refractivity contribution in [2.24, 2.45) is 5.84 Å². The molecule has 1 aromatic carbocycles. The van der Waals surface area contributed by atoms with E-state index in [-0.39, 0.29) is 5.82 Å². The quantitative estimate of drug-likeness (QED) is 0.595. The number of halogens is 2. The van der Waals surface area contributed by atoms with Gasteiger partial charge in [-0.2, -0.15) is 0 Å². The highest BCUT2D eigenvalue weighted by Gasteiger charge is 2.09. The lowest BCUT2D eigenvalue weighted by molar-refractivity contribution is 0.631. The fourth-order valence-corrected chi connectivity index (χ4v) is 1.98. The molecule has 1 heterocycles. The number of nitrogens with zero attached hydrogens (tertiary/aromatic N) is 2. The molecule has 5 nitrogen and oxygen atoms in total. The predicted molar refractivity (Wildman–Crippen MR) is 76.6 cm³/mol. The van der Waals surface area contributed by atoms with E-state index < -0.39 is 0 Å². The highest BCUT2D eigenvalue weighted by atomic mass is 79.9. The smallest absolute Gasteiger partial charge is 0.147 e. The van der Waals surface area contributed by atoms with Crippen molar-refractivity contribution in [3.8, 4) is 0 Å². The van der Waals surface area contributed by atoms with E-state index in [1.807, 2.05) is 6.92 Å². The summed E-state index contributed by atoms with van der Waals surface area (Å²) in [5, 5.41) is 2.92. The summed E-state index contributed by atoms with van der Waals surface area (Å²) in [5.41, 5.74) is 2.79.